The summed E-state index contributed by atoms with van der Waals surface area (Å²) in [5.41, 5.74) is 1.77. The summed E-state index contributed by atoms with van der Waals surface area (Å²) in [6, 6.07) is 7.28. The maximum absolute atomic E-state index is 13.7. The highest BCUT2D eigenvalue weighted by molar-refractivity contribution is 6.00. The molecule has 0 aliphatic carbocycles. The number of hydrogen-bond donors (Lipinski definition) is 3. The van der Waals surface area contributed by atoms with E-state index >= 15 is 0 Å². The molecule has 2 rings (SSSR count). The molecule has 3 N–H and O–H groups in total. The van der Waals surface area contributed by atoms with Gasteiger partial charge >= 0.3 is 0 Å². The molecule has 0 saturated carbocycles. The predicted molar refractivity (Wildman–Crippen MR) is 129 cm³/mol. The number of benzene rings is 2. The molecule has 6 nitrogen and oxygen atoms in total. The van der Waals surface area contributed by atoms with E-state index in [1.165, 1.54) is 12.1 Å². The van der Waals surface area contributed by atoms with Crippen molar-refractivity contribution in [3.05, 3.63) is 70.3 Å². The van der Waals surface area contributed by atoms with E-state index < -0.39 is 29.7 Å². The largest absolute Gasteiger partial charge is 0.390 e. The topological polar surface area (TPSA) is 81.7 Å². The number of halogens is 2. The van der Waals surface area contributed by atoms with Crippen LogP contribution in [0.3, 0.4) is 0 Å². The number of aryl methyl sites for hydroxylation is 1. The van der Waals surface area contributed by atoms with Crippen molar-refractivity contribution in [3.8, 4) is 0 Å². The molecular weight excluding hydrogens is 440 g/mol. The predicted octanol–water partition coefficient (Wildman–Crippen LogP) is 3.46. The molecule has 0 bridgehead atoms. The Bertz CT molecular complexity index is 958. The minimum absolute atomic E-state index is 0.0294. The molecule has 2 amide bonds. The van der Waals surface area contributed by atoms with E-state index in [1.807, 2.05) is 13.8 Å². The van der Waals surface area contributed by atoms with Gasteiger partial charge in [0.2, 0.25) is 0 Å². The van der Waals surface area contributed by atoms with Gasteiger partial charge in [0.15, 0.2) is 0 Å². The average Bonchev–Trinajstić information content (AvgIpc) is 2.77. The van der Waals surface area contributed by atoms with Crippen LogP contribution in [0.5, 0.6) is 0 Å². The Morgan fingerprint density at radius 3 is 2.12 bits per heavy atom. The van der Waals surface area contributed by atoms with Gasteiger partial charge < -0.3 is 20.6 Å². The number of rotatable bonds is 12. The van der Waals surface area contributed by atoms with Gasteiger partial charge in [0.1, 0.15) is 11.6 Å². The van der Waals surface area contributed by atoms with Crippen molar-refractivity contribution in [2.75, 3.05) is 26.7 Å². The number of amides is 2. The molecule has 34 heavy (non-hydrogen) atoms. The van der Waals surface area contributed by atoms with Crippen molar-refractivity contribution in [3.63, 3.8) is 0 Å². The highest BCUT2D eigenvalue weighted by atomic mass is 19.1. The van der Waals surface area contributed by atoms with E-state index in [9.17, 15) is 23.5 Å². The van der Waals surface area contributed by atoms with Crippen LogP contribution in [-0.4, -0.2) is 60.6 Å². The number of aliphatic hydroxyl groups excluding tert-OH is 1. The monoisotopic (exact) mass is 475 g/mol. The zero-order chi connectivity index (χ0) is 25.3. The molecule has 0 fully saturated rings. The smallest absolute Gasteiger partial charge is 0.253 e. The van der Waals surface area contributed by atoms with Gasteiger partial charge in [-0.2, -0.15) is 0 Å². The number of nitrogens with one attached hydrogen (secondary N) is 2. The maximum Gasteiger partial charge on any atom is 0.253 e. The van der Waals surface area contributed by atoms with Crippen LogP contribution >= 0.6 is 0 Å². The first-order chi connectivity index (χ1) is 16.2. The summed E-state index contributed by atoms with van der Waals surface area (Å²) in [5.74, 6) is -2.07. The number of carbonyl (C=O) groups is 2. The lowest BCUT2D eigenvalue weighted by atomic mass is 9.99. The fourth-order valence-electron chi connectivity index (χ4n) is 3.94. The van der Waals surface area contributed by atoms with Crippen molar-refractivity contribution < 1.29 is 23.5 Å². The summed E-state index contributed by atoms with van der Waals surface area (Å²) >= 11 is 0. The number of carbonyl (C=O) groups excluding carboxylic acids is 2. The first-order valence-corrected chi connectivity index (χ1v) is 11.7. The lowest BCUT2D eigenvalue weighted by Crippen LogP contribution is -2.48. The molecule has 2 atom stereocenters. The Balaban J connectivity index is 2.29. The van der Waals surface area contributed by atoms with E-state index in [4.69, 9.17) is 0 Å². The Morgan fingerprint density at radius 2 is 1.56 bits per heavy atom. The maximum atomic E-state index is 13.7. The van der Waals surface area contributed by atoms with E-state index in [0.29, 0.717) is 24.2 Å². The molecule has 0 aliphatic heterocycles. The molecule has 2 aromatic rings. The van der Waals surface area contributed by atoms with Crippen LogP contribution in [0.2, 0.25) is 0 Å². The number of likely N-dealkylation sites (N-methyl/N-ethyl adjacent to an activating group) is 1. The molecule has 0 aromatic heterocycles. The Kier molecular flexibility index (Phi) is 10.6. The third-order valence-electron chi connectivity index (χ3n) is 5.43. The van der Waals surface area contributed by atoms with Gasteiger partial charge in [0.05, 0.1) is 12.1 Å². The number of hydrogen-bond acceptors (Lipinski definition) is 4. The van der Waals surface area contributed by atoms with Crippen LogP contribution in [0.1, 0.15) is 58.5 Å². The highest BCUT2D eigenvalue weighted by Gasteiger charge is 2.24. The summed E-state index contributed by atoms with van der Waals surface area (Å²) in [6.07, 6.45) is 0.685. The normalized spacial score (nSPS) is 12.8. The van der Waals surface area contributed by atoms with Crippen molar-refractivity contribution in [1.29, 1.82) is 0 Å². The van der Waals surface area contributed by atoms with Crippen LogP contribution in [-0.2, 0) is 6.42 Å². The minimum Gasteiger partial charge on any atom is -0.390 e. The lowest BCUT2D eigenvalue weighted by Gasteiger charge is -2.25. The molecule has 0 aliphatic rings. The van der Waals surface area contributed by atoms with Gasteiger partial charge in [-0.25, -0.2) is 8.78 Å². The molecule has 0 saturated heterocycles. The van der Waals surface area contributed by atoms with Gasteiger partial charge in [-0.15, -0.1) is 0 Å². The molecule has 8 heteroatoms. The van der Waals surface area contributed by atoms with Gasteiger partial charge in [0.25, 0.3) is 11.8 Å². The Hall–Kier alpha value is -2.84. The van der Waals surface area contributed by atoms with Gasteiger partial charge in [0, 0.05) is 36.8 Å². The second-order valence-electron chi connectivity index (χ2n) is 8.57. The standard InChI is InChI=1S/C26H35F2N3O3/c1-5-7-31(8-6-2)26(34)20-10-17(3)9-19(14-20)25(33)30-23(24(32)16-29-4)13-18-11-21(27)15-22(28)12-18/h9-12,14-15,23-24,29,32H,5-8,13,16H2,1-4H3,(H,30,33)/t23-,24+/m0/s1. The summed E-state index contributed by atoms with van der Waals surface area (Å²) in [5, 5.41) is 16.2. The molecule has 0 heterocycles. The van der Waals surface area contributed by atoms with E-state index in [1.54, 1.807) is 37.1 Å². The van der Waals surface area contributed by atoms with Crippen LogP contribution < -0.4 is 10.6 Å². The summed E-state index contributed by atoms with van der Waals surface area (Å²) in [7, 11) is 1.65. The second kappa shape index (κ2) is 13.2. The van der Waals surface area contributed by atoms with E-state index in [2.05, 4.69) is 10.6 Å². The minimum atomic E-state index is -1.00. The third kappa shape index (κ3) is 7.88. The number of aliphatic hydroxyl groups is 1. The van der Waals surface area contributed by atoms with Crippen molar-refractivity contribution in [1.82, 2.24) is 15.5 Å². The molecule has 186 valence electrons. The van der Waals surface area contributed by atoms with E-state index in [0.717, 1.165) is 24.5 Å². The summed E-state index contributed by atoms with van der Waals surface area (Å²) < 4.78 is 27.3. The molecule has 2 aromatic carbocycles. The third-order valence-corrected chi connectivity index (χ3v) is 5.43. The molecule has 0 spiro atoms. The molecule has 0 unspecified atom stereocenters. The van der Waals surface area contributed by atoms with Gasteiger partial charge in [-0.1, -0.05) is 13.8 Å². The van der Waals surface area contributed by atoms with Crippen molar-refractivity contribution >= 4 is 11.8 Å². The lowest BCUT2D eigenvalue weighted by molar-refractivity contribution is 0.0755. The summed E-state index contributed by atoms with van der Waals surface area (Å²) in [6.45, 7) is 7.25. The van der Waals surface area contributed by atoms with Gasteiger partial charge in [-0.3, -0.25) is 9.59 Å². The second-order valence-corrected chi connectivity index (χ2v) is 8.57. The first kappa shape index (κ1) is 27.4. The van der Waals surface area contributed by atoms with Crippen LogP contribution in [0.25, 0.3) is 0 Å². The van der Waals surface area contributed by atoms with E-state index in [-0.39, 0.29) is 24.4 Å². The van der Waals surface area contributed by atoms with Crippen molar-refractivity contribution in [2.24, 2.45) is 0 Å². The van der Waals surface area contributed by atoms with Crippen LogP contribution in [0, 0.1) is 18.6 Å². The zero-order valence-electron chi connectivity index (χ0n) is 20.3. The van der Waals surface area contributed by atoms with Crippen LogP contribution in [0.4, 0.5) is 8.78 Å². The number of nitrogens with zero attached hydrogens (tertiary/aromatic N) is 1. The average molecular weight is 476 g/mol. The first-order valence-electron chi connectivity index (χ1n) is 11.7. The SMILES string of the molecule is CCCN(CCC)C(=O)c1cc(C)cc(C(=O)N[C@@H](Cc2cc(F)cc(F)c2)[C@H](O)CNC)c1. The molecular formula is C26H35F2N3O3. The fraction of sp³-hybridized carbons (Fsp3) is 0.462. The van der Waals surface area contributed by atoms with Gasteiger partial charge in [-0.05, 0) is 74.7 Å². The Labute approximate surface area is 200 Å². The van der Waals surface area contributed by atoms with Crippen molar-refractivity contribution in [2.45, 2.75) is 52.2 Å². The Morgan fingerprint density at radius 1 is 0.971 bits per heavy atom. The quantitative estimate of drug-likeness (QED) is 0.439. The molecule has 0 radical (unpaired) electrons. The van der Waals surface area contributed by atoms with Crippen LogP contribution in [0.15, 0.2) is 36.4 Å². The zero-order valence-corrected chi connectivity index (χ0v) is 20.3. The fourth-order valence-corrected chi connectivity index (χ4v) is 3.94. The summed E-state index contributed by atoms with van der Waals surface area (Å²) in [4.78, 5) is 27.9. The highest BCUT2D eigenvalue weighted by Crippen LogP contribution is 2.16.